The topological polar surface area (TPSA) is 86.8 Å². The van der Waals surface area contributed by atoms with Crippen LogP contribution in [-0.4, -0.2) is 50.5 Å². The number of halogens is 1. The zero-order valence-electron chi connectivity index (χ0n) is 23.6. The lowest BCUT2D eigenvalue weighted by molar-refractivity contribution is -0.141. The Kier molecular flexibility index (Phi) is 11.3. The summed E-state index contributed by atoms with van der Waals surface area (Å²) in [6.07, 6.45) is 1.95. The van der Waals surface area contributed by atoms with Crippen LogP contribution >= 0.6 is 15.9 Å². The Hall–Kier alpha value is -3.17. The van der Waals surface area contributed by atoms with Crippen molar-refractivity contribution in [1.82, 2.24) is 10.2 Å². The predicted molar refractivity (Wildman–Crippen MR) is 165 cm³/mol. The van der Waals surface area contributed by atoms with E-state index in [0.717, 1.165) is 26.7 Å². The van der Waals surface area contributed by atoms with E-state index in [4.69, 9.17) is 0 Å². The van der Waals surface area contributed by atoms with E-state index in [9.17, 15) is 18.0 Å². The molecule has 7 nitrogen and oxygen atoms in total. The van der Waals surface area contributed by atoms with Crippen LogP contribution in [0.15, 0.2) is 77.3 Å². The maximum absolute atomic E-state index is 13.8. The summed E-state index contributed by atoms with van der Waals surface area (Å²) in [5.74, 6) is -0.426. The summed E-state index contributed by atoms with van der Waals surface area (Å²) < 4.78 is 27.7. The summed E-state index contributed by atoms with van der Waals surface area (Å²) in [5.41, 5.74) is 4.25. The highest BCUT2D eigenvalue weighted by molar-refractivity contribution is 9.10. The van der Waals surface area contributed by atoms with Crippen molar-refractivity contribution in [3.63, 3.8) is 0 Å². The third kappa shape index (κ3) is 8.93. The number of amides is 2. The second-order valence-corrected chi connectivity index (χ2v) is 12.8. The van der Waals surface area contributed by atoms with Gasteiger partial charge in [-0.3, -0.25) is 13.9 Å². The number of hydrogen-bond donors (Lipinski definition) is 1. The molecule has 3 aromatic carbocycles. The van der Waals surface area contributed by atoms with Crippen molar-refractivity contribution in [2.24, 2.45) is 0 Å². The van der Waals surface area contributed by atoms with Crippen LogP contribution < -0.4 is 9.62 Å². The van der Waals surface area contributed by atoms with E-state index in [2.05, 4.69) is 21.2 Å². The first kappa shape index (κ1) is 31.4. The molecule has 9 heteroatoms. The van der Waals surface area contributed by atoms with Crippen LogP contribution in [0, 0.1) is 13.8 Å². The molecule has 3 rings (SSSR count). The molecule has 1 unspecified atom stereocenters. The molecule has 0 aliphatic heterocycles. The van der Waals surface area contributed by atoms with Gasteiger partial charge in [0.2, 0.25) is 21.8 Å². The molecule has 1 atom stereocenters. The number of sulfonamides is 1. The first-order chi connectivity index (χ1) is 19.0. The van der Waals surface area contributed by atoms with Gasteiger partial charge in [0.1, 0.15) is 6.04 Å². The van der Waals surface area contributed by atoms with E-state index in [1.807, 2.05) is 93.6 Å². The summed E-state index contributed by atoms with van der Waals surface area (Å²) in [4.78, 5) is 28.8. The molecule has 0 saturated carbocycles. The molecule has 3 aromatic rings. The number of likely N-dealkylation sites (N-methyl/N-ethyl adjacent to an activating group) is 1. The van der Waals surface area contributed by atoms with E-state index in [1.54, 1.807) is 4.90 Å². The molecule has 0 saturated heterocycles. The molecule has 1 N–H and O–H groups in total. The van der Waals surface area contributed by atoms with Gasteiger partial charge in [-0.1, -0.05) is 70.5 Å². The lowest BCUT2D eigenvalue weighted by Crippen LogP contribution is -2.50. The standard InChI is InChI=1S/C31H38BrN3O4S/c1-5-33-31(37)29(21-25-11-7-6-8-12-25)34(22-26-13-9-14-27(32)20-26)30(36)15-10-18-35(40(4,38)39)28-19-23(2)16-17-24(28)3/h6-9,11-14,16-17,19-20,29H,5,10,15,18,21-22H2,1-4H3,(H,33,37). The van der Waals surface area contributed by atoms with Crippen molar-refractivity contribution in [3.05, 3.63) is 99.5 Å². The summed E-state index contributed by atoms with van der Waals surface area (Å²) in [5, 5.41) is 2.90. The molecule has 0 bridgehead atoms. The maximum atomic E-state index is 13.8. The SMILES string of the molecule is CCNC(=O)C(Cc1ccccc1)N(Cc1cccc(Br)c1)C(=O)CCCN(c1cc(C)ccc1C)S(C)(=O)=O. The number of benzene rings is 3. The fourth-order valence-corrected chi connectivity index (χ4v) is 6.11. The second kappa shape index (κ2) is 14.5. The highest BCUT2D eigenvalue weighted by atomic mass is 79.9. The number of rotatable bonds is 13. The molecule has 214 valence electrons. The average Bonchev–Trinajstić information content (AvgIpc) is 2.90. The number of nitrogens with one attached hydrogen (secondary N) is 1. The van der Waals surface area contributed by atoms with Gasteiger partial charge in [-0.2, -0.15) is 0 Å². The van der Waals surface area contributed by atoms with Crippen molar-refractivity contribution in [3.8, 4) is 0 Å². The Morgan fingerprint density at radius 3 is 2.30 bits per heavy atom. The van der Waals surface area contributed by atoms with Crippen molar-refractivity contribution in [1.29, 1.82) is 0 Å². The predicted octanol–water partition coefficient (Wildman–Crippen LogP) is 5.39. The average molecular weight is 629 g/mol. The normalized spacial score (nSPS) is 12.0. The molecule has 0 spiro atoms. The minimum absolute atomic E-state index is 0.0928. The summed E-state index contributed by atoms with van der Waals surface area (Å²) in [6, 6.07) is 22.3. The molecule has 0 fully saturated rings. The third-order valence-corrected chi connectivity index (χ3v) is 8.32. The van der Waals surface area contributed by atoms with Crippen LogP contribution in [0.25, 0.3) is 0 Å². The molecule has 0 heterocycles. The highest BCUT2D eigenvalue weighted by Crippen LogP contribution is 2.25. The van der Waals surface area contributed by atoms with E-state index in [-0.39, 0.29) is 31.3 Å². The Morgan fingerprint density at radius 2 is 1.65 bits per heavy atom. The fraction of sp³-hybridized carbons (Fsp3) is 0.355. The molecule has 40 heavy (non-hydrogen) atoms. The largest absolute Gasteiger partial charge is 0.355 e. The third-order valence-electron chi connectivity index (χ3n) is 6.65. The van der Waals surface area contributed by atoms with Crippen LogP contribution in [0.4, 0.5) is 5.69 Å². The first-order valence-electron chi connectivity index (χ1n) is 13.4. The van der Waals surface area contributed by atoms with Gasteiger partial charge < -0.3 is 10.2 Å². The van der Waals surface area contributed by atoms with Gasteiger partial charge in [-0.05, 0) is 67.6 Å². The van der Waals surface area contributed by atoms with E-state index in [0.29, 0.717) is 25.1 Å². The summed E-state index contributed by atoms with van der Waals surface area (Å²) in [7, 11) is -3.57. The number of hydrogen-bond acceptors (Lipinski definition) is 4. The Balaban J connectivity index is 1.88. The zero-order chi connectivity index (χ0) is 29.3. The van der Waals surface area contributed by atoms with E-state index >= 15 is 0 Å². The van der Waals surface area contributed by atoms with Crippen LogP contribution in [0.1, 0.15) is 42.0 Å². The molecule has 2 amide bonds. The monoisotopic (exact) mass is 627 g/mol. The van der Waals surface area contributed by atoms with Crippen LogP contribution in [0.2, 0.25) is 0 Å². The van der Waals surface area contributed by atoms with Gasteiger partial charge in [-0.25, -0.2) is 8.42 Å². The smallest absolute Gasteiger partial charge is 0.243 e. The summed E-state index contributed by atoms with van der Waals surface area (Å²) in [6.45, 7) is 6.50. The lowest BCUT2D eigenvalue weighted by Gasteiger charge is -2.32. The van der Waals surface area contributed by atoms with Crippen molar-refractivity contribution in [2.45, 2.75) is 52.6 Å². The number of carbonyl (C=O) groups excluding carboxylic acids is 2. The van der Waals surface area contributed by atoms with Crippen LogP contribution in [0.5, 0.6) is 0 Å². The summed E-state index contributed by atoms with van der Waals surface area (Å²) >= 11 is 3.50. The number of carbonyl (C=O) groups is 2. The van der Waals surface area contributed by atoms with E-state index in [1.165, 1.54) is 10.6 Å². The highest BCUT2D eigenvalue weighted by Gasteiger charge is 2.30. The Labute approximate surface area is 246 Å². The maximum Gasteiger partial charge on any atom is 0.243 e. The first-order valence-corrected chi connectivity index (χ1v) is 16.0. The van der Waals surface area contributed by atoms with Crippen molar-refractivity contribution in [2.75, 3.05) is 23.7 Å². The van der Waals surface area contributed by atoms with Crippen LogP contribution in [-0.2, 0) is 32.6 Å². The molecule has 0 aromatic heterocycles. The van der Waals surface area contributed by atoms with E-state index < -0.39 is 16.1 Å². The minimum Gasteiger partial charge on any atom is -0.355 e. The van der Waals surface area contributed by atoms with Gasteiger partial charge in [0, 0.05) is 36.9 Å². The molecular formula is C31H38BrN3O4S. The molecule has 0 aliphatic carbocycles. The zero-order valence-corrected chi connectivity index (χ0v) is 26.0. The Bertz CT molecular complexity index is 1410. The molecule has 0 radical (unpaired) electrons. The molecule has 0 aliphatic rings. The second-order valence-electron chi connectivity index (χ2n) is 9.98. The van der Waals surface area contributed by atoms with Gasteiger partial charge in [0.15, 0.2) is 0 Å². The minimum atomic E-state index is -3.57. The lowest BCUT2D eigenvalue weighted by atomic mass is 10.0. The Morgan fingerprint density at radius 1 is 0.950 bits per heavy atom. The van der Waals surface area contributed by atoms with Gasteiger partial charge >= 0.3 is 0 Å². The van der Waals surface area contributed by atoms with Crippen molar-refractivity contribution < 1.29 is 18.0 Å². The quantitative estimate of drug-likeness (QED) is 0.275. The number of aryl methyl sites for hydroxylation is 2. The fourth-order valence-electron chi connectivity index (χ4n) is 4.65. The van der Waals surface area contributed by atoms with Crippen LogP contribution in [0.3, 0.4) is 0 Å². The number of anilines is 1. The number of nitrogens with zero attached hydrogens (tertiary/aromatic N) is 2. The van der Waals surface area contributed by atoms with Gasteiger partial charge in [0.05, 0.1) is 11.9 Å². The molecular weight excluding hydrogens is 590 g/mol. The van der Waals surface area contributed by atoms with Crippen molar-refractivity contribution >= 4 is 43.5 Å². The van der Waals surface area contributed by atoms with Gasteiger partial charge in [0.25, 0.3) is 0 Å². The van der Waals surface area contributed by atoms with Gasteiger partial charge in [-0.15, -0.1) is 0 Å².